The number of benzene rings is 1. The highest BCUT2D eigenvalue weighted by molar-refractivity contribution is 5.76. The van der Waals surface area contributed by atoms with Crippen LogP contribution in [0.15, 0.2) is 30.3 Å². The van der Waals surface area contributed by atoms with Crippen LogP contribution in [0.3, 0.4) is 0 Å². The number of rotatable bonds is 5. The van der Waals surface area contributed by atoms with Crippen molar-refractivity contribution in [1.29, 1.82) is 0 Å². The van der Waals surface area contributed by atoms with Crippen molar-refractivity contribution < 1.29 is 9.53 Å². The molecule has 1 aromatic carbocycles. The molecule has 1 aliphatic rings. The average molecular weight is 289 g/mol. The van der Waals surface area contributed by atoms with E-state index in [0.717, 1.165) is 19.3 Å². The number of piperidine rings is 1. The zero-order chi connectivity index (χ0) is 15.2. The molecule has 0 N–H and O–H groups in total. The predicted molar refractivity (Wildman–Crippen MR) is 85.0 cm³/mol. The Morgan fingerprint density at radius 2 is 2.00 bits per heavy atom. The van der Waals surface area contributed by atoms with Gasteiger partial charge in [-0.05, 0) is 45.1 Å². The van der Waals surface area contributed by atoms with Crippen molar-refractivity contribution in [3.63, 3.8) is 0 Å². The first kappa shape index (κ1) is 16.0. The fraction of sp³-hybridized carbons (Fsp3) is 0.611. The molecule has 0 aromatic heterocycles. The molecule has 2 rings (SSSR count). The molecule has 3 nitrogen and oxygen atoms in total. The minimum absolute atomic E-state index is 0.0570. The second kappa shape index (κ2) is 7.60. The van der Waals surface area contributed by atoms with Crippen molar-refractivity contribution in [3.05, 3.63) is 35.9 Å². The van der Waals surface area contributed by atoms with Gasteiger partial charge in [0.05, 0.1) is 6.61 Å². The third kappa shape index (κ3) is 3.65. The molecule has 1 unspecified atom stereocenters. The van der Waals surface area contributed by atoms with Gasteiger partial charge < -0.3 is 4.74 Å². The Morgan fingerprint density at radius 1 is 1.29 bits per heavy atom. The Morgan fingerprint density at radius 3 is 2.62 bits per heavy atom. The molecule has 0 saturated carbocycles. The molecule has 3 atom stereocenters. The third-order valence-electron chi connectivity index (χ3n) is 4.56. The number of likely N-dealkylation sites (tertiary alicyclic amines) is 1. The summed E-state index contributed by atoms with van der Waals surface area (Å²) in [5.74, 6) is -0.0570. The molecular weight excluding hydrogens is 262 g/mol. The number of carbonyl (C=O) groups excluding carboxylic acids is 1. The SMILES string of the molecule is CCOC(=O)[C@H]1CCCC(CC)N1[C@@H](C)c1ccccc1. The number of carbonyl (C=O) groups is 1. The topological polar surface area (TPSA) is 29.5 Å². The van der Waals surface area contributed by atoms with Crippen LogP contribution < -0.4 is 0 Å². The fourth-order valence-corrected chi connectivity index (χ4v) is 3.48. The molecular formula is C18H27NO2. The van der Waals surface area contributed by atoms with E-state index in [1.165, 1.54) is 12.0 Å². The molecule has 1 fully saturated rings. The summed E-state index contributed by atoms with van der Waals surface area (Å²) in [5, 5.41) is 0. The van der Waals surface area contributed by atoms with Gasteiger partial charge in [-0.2, -0.15) is 0 Å². The number of nitrogens with zero attached hydrogens (tertiary/aromatic N) is 1. The highest BCUT2D eigenvalue weighted by Gasteiger charge is 2.38. The van der Waals surface area contributed by atoms with Crippen molar-refractivity contribution >= 4 is 5.97 Å². The van der Waals surface area contributed by atoms with E-state index in [1.54, 1.807) is 0 Å². The quantitative estimate of drug-likeness (QED) is 0.769. The molecule has 0 bridgehead atoms. The minimum Gasteiger partial charge on any atom is -0.465 e. The van der Waals surface area contributed by atoms with Gasteiger partial charge in [-0.25, -0.2) is 0 Å². The first-order chi connectivity index (χ1) is 10.2. The highest BCUT2D eigenvalue weighted by Crippen LogP contribution is 2.34. The van der Waals surface area contributed by atoms with Gasteiger partial charge in [0, 0.05) is 12.1 Å². The molecule has 1 heterocycles. The van der Waals surface area contributed by atoms with Crippen molar-refractivity contribution in [1.82, 2.24) is 4.90 Å². The van der Waals surface area contributed by atoms with E-state index >= 15 is 0 Å². The Labute approximate surface area is 128 Å². The van der Waals surface area contributed by atoms with Crippen LogP contribution in [0.4, 0.5) is 0 Å². The summed E-state index contributed by atoms with van der Waals surface area (Å²) in [7, 11) is 0. The molecule has 1 aliphatic heterocycles. The normalized spacial score (nSPS) is 24.5. The summed E-state index contributed by atoms with van der Waals surface area (Å²) in [6, 6.07) is 11.1. The Balaban J connectivity index is 2.25. The standard InChI is InChI=1S/C18H27NO2/c1-4-16-12-9-13-17(18(20)21-5-2)19(16)14(3)15-10-7-6-8-11-15/h6-8,10-11,14,16-17H,4-5,9,12-13H2,1-3H3/t14-,16?,17+/m0/s1. The molecule has 0 radical (unpaired) electrons. The summed E-state index contributed by atoms with van der Waals surface area (Å²) < 4.78 is 5.31. The van der Waals surface area contributed by atoms with Crippen LogP contribution in [0.25, 0.3) is 0 Å². The average Bonchev–Trinajstić information content (AvgIpc) is 2.54. The lowest BCUT2D eigenvalue weighted by molar-refractivity contribution is -0.154. The van der Waals surface area contributed by atoms with Gasteiger partial charge in [-0.1, -0.05) is 37.3 Å². The maximum Gasteiger partial charge on any atom is 0.323 e. The largest absolute Gasteiger partial charge is 0.465 e. The third-order valence-corrected chi connectivity index (χ3v) is 4.56. The van der Waals surface area contributed by atoms with E-state index in [9.17, 15) is 4.79 Å². The molecule has 21 heavy (non-hydrogen) atoms. The number of esters is 1. The lowest BCUT2D eigenvalue weighted by Gasteiger charge is -2.44. The molecule has 1 saturated heterocycles. The Hall–Kier alpha value is -1.35. The molecule has 0 spiro atoms. The van der Waals surface area contributed by atoms with E-state index in [2.05, 4.69) is 43.0 Å². The van der Waals surface area contributed by atoms with Gasteiger partial charge >= 0.3 is 5.97 Å². The van der Waals surface area contributed by atoms with Gasteiger partial charge in [0.15, 0.2) is 0 Å². The van der Waals surface area contributed by atoms with Gasteiger partial charge in [-0.15, -0.1) is 0 Å². The van der Waals surface area contributed by atoms with Crippen molar-refractivity contribution in [3.8, 4) is 0 Å². The first-order valence-corrected chi connectivity index (χ1v) is 8.18. The van der Waals surface area contributed by atoms with Crippen LogP contribution in [0.2, 0.25) is 0 Å². The zero-order valence-corrected chi connectivity index (χ0v) is 13.4. The van der Waals surface area contributed by atoms with Gasteiger partial charge in [0.2, 0.25) is 0 Å². The maximum absolute atomic E-state index is 12.3. The summed E-state index contributed by atoms with van der Waals surface area (Å²) in [6.45, 7) is 6.75. The molecule has 116 valence electrons. The van der Waals surface area contributed by atoms with Crippen LogP contribution in [-0.2, 0) is 9.53 Å². The van der Waals surface area contributed by atoms with Gasteiger partial charge in [-0.3, -0.25) is 9.69 Å². The molecule has 0 amide bonds. The lowest BCUT2D eigenvalue weighted by Crippen LogP contribution is -2.51. The van der Waals surface area contributed by atoms with Crippen LogP contribution >= 0.6 is 0 Å². The first-order valence-electron chi connectivity index (χ1n) is 8.18. The van der Waals surface area contributed by atoms with E-state index in [1.807, 2.05) is 13.0 Å². The lowest BCUT2D eigenvalue weighted by atomic mass is 9.90. The van der Waals surface area contributed by atoms with Crippen molar-refractivity contribution in [2.45, 2.75) is 64.6 Å². The van der Waals surface area contributed by atoms with E-state index in [0.29, 0.717) is 12.6 Å². The number of hydrogen-bond acceptors (Lipinski definition) is 3. The Kier molecular flexibility index (Phi) is 5.80. The summed E-state index contributed by atoms with van der Waals surface area (Å²) >= 11 is 0. The maximum atomic E-state index is 12.3. The Bertz CT molecular complexity index is 446. The van der Waals surface area contributed by atoms with E-state index < -0.39 is 0 Å². The van der Waals surface area contributed by atoms with E-state index in [4.69, 9.17) is 4.74 Å². The smallest absolute Gasteiger partial charge is 0.323 e. The molecule has 3 heteroatoms. The summed E-state index contributed by atoms with van der Waals surface area (Å²) in [6.07, 6.45) is 4.27. The minimum atomic E-state index is -0.0983. The van der Waals surface area contributed by atoms with Crippen molar-refractivity contribution in [2.75, 3.05) is 6.61 Å². The van der Waals surface area contributed by atoms with Crippen molar-refractivity contribution in [2.24, 2.45) is 0 Å². The fourth-order valence-electron chi connectivity index (χ4n) is 3.48. The number of hydrogen-bond donors (Lipinski definition) is 0. The molecule has 1 aromatic rings. The van der Waals surface area contributed by atoms with Crippen LogP contribution in [0.5, 0.6) is 0 Å². The number of ether oxygens (including phenoxy) is 1. The van der Waals surface area contributed by atoms with E-state index in [-0.39, 0.29) is 18.1 Å². The van der Waals surface area contributed by atoms with Crippen LogP contribution in [0.1, 0.15) is 58.1 Å². The van der Waals surface area contributed by atoms with Gasteiger partial charge in [0.1, 0.15) is 6.04 Å². The highest BCUT2D eigenvalue weighted by atomic mass is 16.5. The summed E-state index contributed by atoms with van der Waals surface area (Å²) in [4.78, 5) is 14.7. The van der Waals surface area contributed by atoms with Crippen LogP contribution in [-0.4, -0.2) is 29.6 Å². The molecule has 0 aliphatic carbocycles. The second-order valence-electron chi connectivity index (χ2n) is 5.79. The second-order valence-corrected chi connectivity index (χ2v) is 5.79. The van der Waals surface area contributed by atoms with Gasteiger partial charge in [0.25, 0.3) is 0 Å². The monoisotopic (exact) mass is 289 g/mol. The summed E-state index contributed by atoms with van der Waals surface area (Å²) in [5.41, 5.74) is 1.27. The van der Waals surface area contributed by atoms with Crippen LogP contribution in [0, 0.1) is 0 Å². The zero-order valence-electron chi connectivity index (χ0n) is 13.4. The predicted octanol–water partition coefficient (Wildman–Crippen LogP) is 3.94.